The average molecular weight is 381 g/mol. The molecular formula is C19H18F3NO4. The van der Waals surface area contributed by atoms with Crippen molar-refractivity contribution in [2.75, 3.05) is 26.6 Å². The molecule has 0 aliphatic heterocycles. The van der Waals surface area contributed by atoms with E-state index in [4.69, 9.17) is 14.2 Å². The number of alkyl halides is 3. The van der Waals surface area contributed by atoms with Gasteiger partial charge in [-0.3, -0.25) is 4.79 Å². The Balaban J connectivity index is 2.24. The fourth-order valence-corrected chi connectivity index (χ4v) is 2.38. The molecule has 0 aliphatic carbocycles. The van der Waals surface area contributed by atoms with Crippen molar-refractivity contribution in [2.45, 2.75) is 6.18 Å². The number of para-hydroxylation sites is 1. The van der Waals surface area contributed by atoms with E-state index in [1.54, 1.807) is 0 Å². The summed E-state index contributed by atoms with van der Waals surface area (Å²) in [4.78, 5) is 12.4. The Bertz CT molecular complexity index is 822. The first-order chi connectivity index (χ1) is 12.8. The second-order valence-corrected chi connectivity index (χ2v) is 5.30. The van der Waals surface area contributed by atoms with Gasteiger partial charge in [-0.15, -0.1) is 0 Å². The number of anilines is 1. The lowest BCUT2D eigenvalue weighted by Crippen LogP contribution is -2.08. The number of carbonyl (C=O) groups excluding carboxylic acids is 1. The fourth-order valence-electron chi connectivity index (χ4n) is 2.38. The SMILES string of the molecule is COc1cc(C(=O)/C=C/Nc2ccccc2C(F)(F)F)cc(OC)c1OC. The van der Waals surface area contributed by atoms with E-state index in [9.17, 15) is 18.0 Å². The van der Waals surface area contributed by atoms with Crippen LogP contribution in [-0.4, -0.2) is 27.1 Å². The molecule has 8 heteroatoms. The molecule has 0 aliphatic rings. The molecular weight excluding hydrogens is 363 g/mol. The first-order valence-electron chi connectivity index (χ1n) is 7.75. The maximum Gasteiger partial charge on any atom is 0.418 e. The second kappa shape index (κ2) is 8.48. The first-order valence-corrected chi connectivity index (χ1v) is 7.75. The molecule has 0 heterocycles. The predicted octanol–water partition coefficient (Wildman–Crippen LogP) is 4.54. The van der Waals surface area contributed by atoms with E-state index >= 15 is 0 Å². The minimum Gasteiger partial charge on any atom is -0.493 e. The predicted molar refractivity (Wildman–Crippen MR) is 94.6 cm³/mol. The molecule has 0 fully saturated rings. The van der Waals surface area contributed by atoms with Gasteiger partial charge in [-0.1, -0.05) is 12.1 Å². The highest BCUT2D eigenvalue weighted by molar-refractivity contribution is 6.05. The third-order valence-corrected chi connectivity index (χ3v) is 3.66. The van der Waals surface area contributed by atoms with Crippen LogP contribution in [0, 0.1) is 0 Å². The number of hydrogen-bond donors (Lipinski definition) is 1. The van der Waals surface area contributed by atoms with E-state index in [0.29, 0.717) is 17.2 Å². The van der Waals surface area contributed by atoms with Crippen molar-refractivity contribution in [1.29, 1.82) is 0 Å². The number of nitrogens with one attached hydrogen (secondary N) is 1. The minimum absolute atomic E-state index is 0.154. The summed E-state index contributed by atoms with van der Waals surface area (Å²) in [6.07, 6.45) is -2.23. The van der Waals surface area contributed by atoms with Crippen molar-refractivity contribution < 1.29 is 32.2 Å². The molecule has 0 radical (unpaired) electrons. The van der Waals surface area contributed by atoms with Gasteiger partial charge < -0.3 is 19.5 Å². The van der Waals surface area contributed by atoms with Crippen LogP contribution < -0.4 is 19.5 Å². The molecule has 0 bridgehead atoms. The number of ether oxygens (including phenoxy) is 3. The minimum atomic E-state index is -4.50. The molecule has 2 aromatic carbocycles. The van der Waals surface area contributed by atoms with E-state index in [2.05, 4.69) is 5.32 Å². The van der Waals surface area contributed by atoms with E-state index in [1.807, 2.05) is 0 Å². The van der Waals surface area contributed by atoms with E-state index in [1.165, 1.54) is 51.7 Å². The van der Waals surface area contributed by atoms with Gasteiger partial charge in [-0.05, 0) is 24.3 Å². The zero-order valence-electron chi connectivity index (χ0n) is 14.9. The van der Waals surface area contributed by atoms with Crippen LogP contribution in [0.5, 0.6) is 17.2 Å². The summed E-state index contributed by atoms with van der Waals surface area (Å²) in [5.74, 6) is 0.469. The topological polar surface area (TPSA) is 56.8 Å². The number of allylic oxidation sites excluding steroid dienone is 1. The van der Waals surface area contributed by atoms with E-state index < -0.39 is 17.5 Å². The standard InChI is InChI=1S/C19H18F3NO4/c1-25-16-10-12(11-17(26-2)18(16)27-3)15(24)8-9-23-14-7-5-4-6-13(14)19(20,21)22/h4-11,23H,1-3H3/b9-8+. The number of hydrogen-bond acceptors (Lipinski definition) is 5. The maximum atomic E-state index is 13.0. The summed E-state index contributed by atoms with van der Waals surface area (Å²) in [6.45, 7) is 0. The lowest BCUT2D eigenvalue weighted by atomic mass is 10.1. The van der Waals surface area contributed by atoms with Gasteiger partial charge in [0, 0.05) is 17.8 Å². The molecule has 144 valence electrons. The van der Waals surface area contributed by atoms with Crippen molar-refractivity contribution in [3.63, 3.8) is 0 Å². The van der Waals surface area contributed by atoms with Crippen molar-refractivity contribution >= 4 is 11.5 Å². The Morgan fingerprint density at radius 3 is 2.11 bits per heavy atom. The summed E-state index contributed by atoms with van der Waals surface area (Å²) in [6, 6.07) is 7.90. The molecule has 0 unspecified atom stereocenters. The highest BCUT2D eigenvalue weighted by Gasteiger charge is 2.32. The molecule has 0 saturated heterocycles. The molecule has 0 atom stereocenters. The number of rotatable bonds is 7. The molecule has 2 aromatic rings. The first kappa shape index (κ1) is 20.2. The third kappa shape index (κ3) is 4.72. The monoisotopic (exact) mass is 381 g/mol. The van der Waals surface area contributed by atoms with Crippen LogP contribution in [0.3, 0.4) is 0 Å². The fraction of sp³-hybridized carbons (Fsp3) is 0.211. The summed E-state index contributed by atoms with van der Waals surface area (Å²) in [7, 11) is 4.26. The largest absolute Gasteiger partial charge is 0.493 e. The quantitative estimate of drug-likeness (QED) is 0.564. The molecule has 1 N–H and O–H groups in total. The lowest BCUT2D eigenvalue weighted by molar-refractivity contribution is -0.136. The average Bonchev–Trinajstić information content (AvgIpc) is 2.66. The number of benzene rings is 2. The maximum absolute atomic E-state index is 13.0. The molecule has 2 rings (SSSR count). The second-order valence-electron chi connectivity index (χ2n) is 5.30. The van der Waals surface area contributed by atoms with Gasteiger partial charge in [0.25, 0.3) is 0 Å². The Hall–Kier alpha value is -3.16. The smallest absolute Gasteiger partial charge is 0.418 e. The molecule has 5 nitrogen and oxygen atoms in total. The van der Waals surface area contributed by atoms with Crippen molar-refractivity contribution in [3.05, 3.63) is 59.8 Å². The van der Waals surface area contributed by atoms with Crippen LogP contribution in [0.1, 0.15) is 15.9 Å². The zero-order valence-corrected chi connectivity index (χ0v) is 14.9. The molecule has 0 spiro atoms. The van der Waals surface area contributed by atoms with Crippen LogP contribution in [0.25, 0.3) is 0 Å². The lowest BCUT2D eigenvalue weighted by Gasteiger charge is -2.13. The van der Waals surface area contributed by atoms with Gasteiger partial charge in [0.2, 0.25) is 5.75 Å². The van der Waals surface area contributed by atoms with Crippen LogP contribution >= 0.6 is 0 Å². The van der Waals surface area contributed by atoms with Crippen LogP contribution in [0.4, 0.5) is 18.9 Å². The van der Waals surface area contributed by atoms with Gasteiger partial charge >= 0.3 is 6.18 Å². The number of ketones is 1. The van der Waals surface area contributed by atoms with Gasteiger partial charge in [0.15, 0.2) is 17.3 Å². The Morgan fingerprint density at radius 1 is 1.00 bits per heavy atom. The highest BCUT2D eigenvalue weighted by atomic mass is 19.4. The molecule has 0 aromatic heterocycles. The van der Waals surface area contributed by atoms with E-state index in [-0.39, 0.29) is 11.3 Å². The summed E-state index contributed by atoms with van der Waals surface area (Å²) >= 11 is 0. The number of carbonyl (C=O) groups is 1. The van der Waals surface area contributed by atoms with E-state index in [0.717, 1.165) is 18.3 Å². The van der Waals surface area contributed by atoms with Crippen molar-refractivity contribution in [2.24, 2.45) is 0 Å². The highest BCUT2D eigenvalue weighted by Crippen LogP contribution is 2.38. The number of halogens is 3. The summed E-state index contributed by atoms with van der Waals surface area (Å²) in [5, 5.41) is 2.49. The van der Waals surface area contributed by atoms with Crippen LogP contribution in [0.2, 0.25) is 0 Å². The zero-order chi connectivity index (χ0) is 20.0. The van der Waals surface area contributed by atoms with Crippen molar-refractivity contribution in [3.8, 4) is 17.2 Å². The Kier molecular flexibility index (Phi) is 6.33. The normalized spacial score (nSPS) is 11.3. The Labute approximate surface area is 154 Å². The van der Waals surface area contributed by atoms with Gasteiger partial charge in [-0.25, -0.2) is 0 Å². The summed E-state index contributed by atoms with van der Waals surface area (Å²) < 4.78 is 54.4. The molecule has 27 heavy (non-hydrogen) atoms. The van der Waals surface area contributed by atoms with Crippen LogP contribution in [-0.2, 0) is 6.18 Å². The van der Waals surface area contributed by atoms with Crippen molar-refractivity contribution in [1.82, 2.24) is 0 Å². The number of methoxy groups -OCH3 is 3. The molecule has 0 amide bonds. The third-order valence-electron chi connectivity index (χ3n) is 3.66. The molecule has 0 saturated carbocycles. The van der Waals surface area contributed by atoms with Gasteiger partial charge in [0.05, 0.1) is 32.6 Å². The van der Waals surface area contributed by atoms with Crippen LogP contribution in [0.15, 0.2) is 48.7 Å². The van der Waals surface area contributed by atoms with Gasteiger partial charge in [0.1, 0.15) is 0 Å². The Morgan fingerprint density at radius 2 is 1.59 bits per heavy atom. The van der Waals surface area contributed by atoms with Gasteiger partial charge in [-0.2, -0.15) is 13.2 Å². The summed E-state index contributed by atoms with van der Waals surface area (Å²) in [5.41, 5.74) is -0.750.